The van der Waals surface area contributed by atoms with E-state index in [2.05, 4.69) is 0 Å². The zero-order chi connectivity index (χ0) is 14.9. The number of carbonyl (C=O) groups excluding carboxylic acids is 3. The van der Waals surface area contributed by atoms with E-state index in [-0.39, 0.29) is 23.6 Å². The average molecular weight is 276 g/mol. The van der Waals surface area contributed by atoms with Gasteiger partial charge in [-0.1, -0.05) is 0 Å². The highest BCUT2D eigenvalue weighted by Gasteiger charge is 2.36. The number of nitrogens with zero attached hydrogens (tertiary/aromatic N) is 2. The Morgan fingerprint density at radius 1 is 1.35 bits per heavy atom. The SMILES string of the molecule is CC(=O)CCCN1C(=O)C(=O)c2cc([N+](=O)[O-])ccc21. The van der Waals surface area contributed by atoms with Gasteiger partial charge in [0.2, 0.25) is 0 Å². The van der Waals surface area contributed by atoms with Crippen LogP contribution in [0.5, 0.6) is 0 Å². The van der Waals surface area contributed by atoms with Gasteiger partial charge in [0.1, 0.15) is 5.78 Å². The number of carbonyl (C=O) groups is 3. The van der Waals surface area contributed by atoms with Crippen molar-refractivity contribution in [1.82, 2.24) is 0 Å². The van der Waals surface area contributed by atoms with E-state index in [1.54, 1.807) is 0 Å². The summed E-state index contributed by atoms with van der Waals surface area (Å²) in [5.74, 6) is -1.44. The van der Waals surface area contributed by atoms with E-state index in [0.29, 0.717) is 18.5 Å². The lowest BCUT2D eigenvalue weighted by Crippen LogP contribution is -2.30. The lowest BCUT2D eigenvalue weighted by atomic mass is 10.1. The van der Waals surface area contributed by atoms with Crippen LogP contribution < -0.4 is 4.90 Å². The van der Waals surface area contributed by atoms with Gasteiger partial charge in [0.05, 0.1) is 16.2 Å². The molecule has 0 radical (unpaired) electrons. The second kappa shape index (κ2) is 5.20. The van der Waals surface area contributed by atoms with E-state index in [9.17, 15) is 24.5 Å². The Balaban J connectivity index is 2.26. The highest BCUT2D eigenvalue weighted by Crippen LogP contribution is 2.32. The largest absolute Gasteiger partial charge is 0.305 e. The van der Waals surface area contributed by atoms with E-state index in [1.165, 1.54) is 24.0 Å². The molecule has 1 heterocycles. The highest BCUT2D eigenvalue weighted by molar-refractivity contribution is 6.52. The first kappa shape index (κ1) is 13.9. The molecule has 0 fully saturated rings. The third kappa shape index (κ3) is 2.42. The van der Waals surface area contributed by atoms with Crippen molar-refractivity contribution in [2.75, 3.05) is 11.4 Å². The molecule has 104 valence electrons. The standard InChI is InChI=1S/C13H12N2O5/c1-8(16)3-2-6-14-11-5-4-9(15(19)20)7-10(11)12(17)13(14)18/h4-5,7H,2-3,6H2,1H3. The van der Waals surface area contributed by atoms with Crippen LogP contribution in [-0.4, -0.2) is 28.9 Å². The van der Waals surface area contributed by atoms with Crippen LogP contribution in [0.1, 0.15) is 30.1 Å². The summed E-state index contributed by atoms with van der Waals surface area (Å²) in [6.45, 7) is 1.70. The number of hydrogen-bond acceptors (Lipinski definition) is 5. The maximum Gasteiger partial charge on any atom is 0.299 e. The number of anilines is 1. The highest BCUT2D eigenvalue weighted by atomic mass is 16.6. The fourth-order valence-electron chi connectivity index (χ4n) is 2.11. The van der Waals surface area contributed by atoms with Crippen molar-refractivity contribution < 1.29 is 19.3 Å². The number of benzene rings is 1. The number of rotatable bonds is 5. The van der Waals surface area contributed by atoms with E-state index in [0.717, 1.165) is 6.07 Å². The van der Waals surface area contributed by atoms with Gasteiger partial charge in [-0.05, 0) is 19.4 Å². The number of fused-ring (bicyclic) bond motifs is 1. The molecule has 0 saturated heterocycles. The van der Waals surface area contributed by atoms with E-state index in [1.807, 2.05) is 0 Å². The Bertz CT molecular complexity index is 623. The van der Waals surface area contributed by atoms with E-state index >= 15 is 0 Å². The minimum Gasteiger partial charge on any atom is -0.305 e. The van der Waals surface area contributed by atoms with Gasteiger partial charge in [0, 0.05) is 25.1 Å². The first-order valence-corrected chi connectivity index (χ1v) is 6.06. The van der Waals surface area contributed by atoms with Gasteiger partial charge in [-0.25, -0.2) is 0 Å². The number of ketones is 2. The number of nitro benzene ring substituents is 1. The molecule has 0 spiro atoms. The summed E-state index contributed by atoms with van der Waals surface area (Å²) >= 11 is 0. The summed E-state index contributed by atoms with van der Waals surface area (Å²) in [5, 5.41) is 10.7. The summed E-state index contributed by atoms with van der Waals surface area (Å²) in [6.07, 6.45) is 0.769. The molecule has 20 heavy (non-hydrogen) atoms. The second-order valence-electron chi connectivity index (χ2n) is 4.55. The third-order valence-corrected chi connectivity index (χ3v) is 3.08. The van der Waals surface area contributed by atoms with Crippen molar-refractivity contribution in [2.24, 2.45) is 0 Å². The predicted molar refractivity (Wildman–Crippen MR) is 69.7 cm³/mol. The third-order valence-electron chi connectivity index (χ3n) is 3.08. The number of non-ortho nitro benzene ring substituents is 1. The number of amides is 1. The molecular formula is C13H12N2O5. The monoisotopic (exact) mass is 276 g/mol. The summed E-state index contributed by atoms with van der Waals surface area (Å²) in [6, 6.07) is 3.76. The minimum absolute atomic E-state index is 0.00638. The minimum atomic E-state index is -0.744. The number of hydrogen-bond donors (Lipinski definition) is 0. The zero-order valence-corrected chi connectivity index (χ0v) is 10.8. The molecule has 2 rings (SSSR count). The van der Waals surface area contributed by atoms with Gasteiger partial charge in [-0.3, -0.25) is 19.7 Å². The lowest BCUT2D eigenvalue weighted by Gasteiger charge is -2.15. The van der Waals surface area contributed by atoms with Gasteiger partial charge < -0.3 is 9.69 Å². The molecular weight excluding hydrogens is 264 g/mol. The van der Waals surface area contributed by atoms with Gasteiger partial charge in [0.25, 0.3) is 17.4 Å². The molecule has 0 unspecified atom stereocenters. The van der Waals surface area contributed by atoms with Crippen molar-refractivity contribution in [3.8, 4) is 0 Å². The Morgan fingerprint density at radius 3 is 2.65 bits per heavy atom. The number of nitro groups is 1. The average Bonchev–Trinajstić information content (AvgIpc) is 2.63. The molecule has 0 bridgehead atoms. The smallest absolute Gasteiger partial charge is 0.299 e. The van der Waals surface area contributed by atoms with Crippen LogP contribution in [0.15, 0.2) is 18.2 Å². The molecule has 1 amide bonds. The Morgan fingerprint density at radius 2 is 2.05 bits per heavy atom. The Labute approximate surface area is 114 Å². The summed E-state index contributed by atoms with van der Waals surface area (Å²) in [5.41, 5.74) is 0.191. The number of Topliss-reactive ketones (excluding diaryl/α,β-unsaturated/α-hetero) is 2. The molecule has 1 aliphatic rings. The van der Waals surface area contributed by atoms with Crippen molar-refractivity contribution in [1.29, 1.82) is 0 Å². The predicted octanol–water partition coefficient (Wildman–Crippen LogP) is 1.49. The van der Waals surface area contributed by atoms with Crippen LogP contribution in [0.25, 0.3) is 0 Å². The van der Waals surface area contributed by atoms with Crippen LogP contribution in [0, 0.1) is 10.1 Å². The molecule has 0 aliphatic carbocycles. The van der Waals surface area contributed by atoms with Crippen molar-refractivity contribution in [3.05, 3.63) is 33.9 Å². The molecule has 0 N–H and O–H groups in total. The van der Waals surface area contributed by atoms with Crippen molar-refractivity contribution >= 4 is 28.8 Å². The molecule has 7 heteroatoms. The van der Waals surface area contributed by atoms with Crippen LogP contribution in [-0.2, 0) is 9.59 Å². The molecule has 1 aromatic carbocycles. The van der Waals surface area contributed by atoms with Crippen LogP contribution in [0.3, 0.4) is 0 Å². The van der Waals surface area contributed by atoms with Crippen LogP contribution in [0.2, 0.25) is 0 Å². The molecule has 0 atom stereocenters. The topological polar surface area (TPSA) is 97.6 Å². The van der Waals surface area contributed by atoms with Crippen molar-refractivity contribution in [2.45, 2.75) is 19.8 Å². The fourth-order valence-corrected chi connectivity index (χ4v) is 2.11. The van der Waals surface area contributed by atoms with Gasteiger partial charge in [-0.15, -0.1) is 0 Å². The molecule has 0 saturated carbocycles. The van der Waals surface area contributed by atoms with Crippen LogP contribution in [0.4, 0.5) is 11.4 Å². The first-order valence-electron chi connectivity index (χ1n) is 6.06. The summed E-state index contributed by atoms with van der Waals surface area (Å²) in [4.78, 5) is 45.9. The quantitative estimate of drug-likeness (QED) is 0.461. The maximum absolute atomic E-state index is 11.8. The van der Waals surface area contributed by atoms with Crippen molar-refractivity contribution in [3.63, 3.8) is 0 Å². The fraction of sp³-hybridized carbons (Fsp3) is 0.308. The van der Waals surface area contributed by atoms with Crippen LogP contribution >= 0.6 is 0 Å². The molecule has 1 aromatic rings. The molecule has 0 aromatic heterocycles. The van der Waals surface area contributed by atoms with E-state index < -0.39 is 16.6 Å². The van der Waals surface area contributed by atoms with Gasteiger partial charge in [0.15, 0.2) is 0 Å². The Kier molecular flexibility index (Phi) is 3.60. The van der Waals surface area contributed by atoms with Gasteiger partial charge >= 0.3 is 0 Å². The maximum atomic E-state index is 11.8. The summed E-state index contributed by atoms with van der Waals surface area (Å²) in [7, 11) is 0. The normalized spacial score (nSPS) is 13.6. The summed E-state index contributed by atoms with van der Waals surface area (Å²) < 4.78 is 0. The molecule has 1 aliphatic heterocycles. The second-order valence-corrected chi connectivity index (χ2v) is 4.55. The van der Waals surface area contributed by atoms with Gasteiger partial charge in [-0.2, -0.15) is 0 Å². The zero-order valence-electron chi connectivity index (χ0n) is 10.8. The lowest BCUT2D eigenvalue weighted by molar-refractivity contribution is -0.384. The first-order chi connectivity index (χ1) is 9.41. The van der Waals surface area contributed by atoms with E-state index in [4.69, 9.17) is 0 Å². The molecule has 7 nitrogen and oxygen atoms in total. The Hall–Kier alpha value is -2.57.